The van der Waals surface area contributed by atoms with Crippen molar-refractivity contribution in [2.24, 2.45) is 4.99 Å². The fourth-order valence-corrected chi connectivity index (χ4v) is 4.80. The van der Waals surface area contributed by atoms with Gasteiger partial charge in [-0.15, -0.1) is 0 Å². The molecule has 2 aliphatic heterocycles. The van der Waals surface area contributed by atoms with Crippen molar-refractivity contribution >= 4 is 11.6 Å². The Morgan fingerprint density at radius 1 is 1.07 bits per heavy atom. The van der Waals surface area contributed by atoms with E-state index < -0.39 is 0 Å². The molecule has 1 saturated carbocycles. The minimum atomic E-state index is 0.533. The van der Waals surface area contributed by atoms with Crippen LogP contribution >= 0.6 is 0 Å². The van der Waals surface area contributed by atoms with Crippen LogP contribution in [0, 0.1) is 0 Å². The van der Waals surface area contributed by atoms with Crippen LogP contribution in [0.5, 0.6) is 0 Å². The van der Waals surface area contributed by atoms with Gasteiger partial charge in [-0.2, -0.15) is 0 Å². The summed E-state index contributed by atoms with van der Waals surface area (Å²) in [6.07, 6.45) is 12.6. The monoisotopic (exact) mass is 381 g/mol. The highest BCUT2D eigenvalue weighted by Crippen LogP contribution is 2.26. The summed E-state index contributed by atoms with van der Waals surface area (Å²) in [7, 11) is 1.87. The maximum absolute atomic E-state index is 4.45. The molecule has 0 aromatic heterocycles. The van der Waals surface area contributed by atoms with E-state index in [0.717, 1.165) is 31.6 Å². The molecular formula is C23H35N5. The summed E-state index contributed by atoms with van der Waals surface area (Å²) < 4.78 is 0. The second kappa shape index (κ2) is 9.46. The maximum Gasteiger partial charge on any atom is 0.191 e. The van der Waals surface area contributed by atoms with Crippen LogP contribution in [0.3, 0.4) is 0 Å². The Morgan fingerprint density at radius 2 is 1.82 bits per heavy atom. The zero-order chi connectivity index (χ0) is 19.2. The summed E-state index contributed by atoms with van der Waals surface area (Å²) in [6.45, 7) is 5.28. The first kappa shape index (κ1) is 19.3. The van der Waals surface area contributed by atoms with Gasteiger partial charge in [-0.05, 0) is 43.4 Å². The highest BCUT2D eigenvalue weighted by Gasteiger charge is 2.27. The largest absolute Gasteiger partial charge is 0.364 e. The molecule has 5 nitrogen and oxygen atoms in total. The number of piperidine rings is 1. The van der Waals surface area contributed by atoms with Crippen molar-refractivity contribution in [1.82, 2.24) is 15.5 Å². The lowest BCUT2D eigenvalue weighted by molar-refractivity contribution is 0.150. The van der Waals surface area contributed by atoms with Gasteiger partial charge in [0.05, 0.1) is 0 Å². The number of likely N-dealkylation sites (tertiary alicyclic amines) is 1. The third-order valence-corrected chi connectivity index (χ3v) is 6.49. The number of rotatable bonds is 5. The topological polar surface area (TPSA) is 42.9 Å². The molecule has 1 aromatic carbocycles. The number of nitrogens with zero attached hydrogens (tertiary/aromatic N) is 3. The highest BCUT2D eigenvalue weighted by atomic mass is 15.2. The molecule has 1 aromatic rings. The van der Waals surface area contributed by atoms with Crippen LogP contribution in [0.15, 0.2) is 41.4 Å². The van der Waals surface area contributed by atoms with Gasteiger partial charge >= 0.3 is 0 Å². The fraction of sp³-hybridized carbons (Fsp3) is 0.609. The number of aliphatic imine (C=N–C) groups is 1. The lowest BCUT2D eigenvalue weighted by atomic mass is 10.0. The van der Waals surface area contributed by atoms with Gasteiger partial charge in [0.1, 0.15) is 0 Å². The van der Waals surface area contributed by atoms with Crippen molar-refractivity contribution in [2.75, 3.05) is 38.1 Å². The van der Waals surface area contributed by atoms with Crippen LogP contribution in [-0.2, 0) is 6.54 Å². The predicted octanol–water partition coefficient (Wildman–Crippen LogP) is 3.13. The van der Waals surface area contributed by atoms with Crippen molar-refractivity contribution in [2.45, 2.75) is 57.2 Å². The Bertz CT molecular complexity index is 676. The number of nitrogens with one attached hydrogen (secondary N) is 2. The molecule has 0 radical (unpaired) electrons. The van der Waals surface area contributed by atoms with Crippen molar-refractivity contribution in [3.8, 4) is 0 Å². The van der Waals surface area contributed by atoms with Gasteiger partial charge in [0.15, 0.2) is 5.96 Å². The van der Waals surface area contributed by atoms with Crippen LogP contribution in [0.1, 0.15) is 44.1 Å². The summed E-state index contributed by atoms with van der Waals surface area (Å²) in [4.78, 5) is 9.56. The molecule has 2 N–H and O–H groups in total. The third-order valence-electron chi connectivity index (χ3n) is 6.49. The molecule has 152 valence electrons. The molecule has 4 rings (SSSR count). The first-order valence-corrected chi connectivity index (χ1v) is 11.0. The van der Waals surface area contributed by atoms with Gasteiger partial charge < -0.3 is 20.4 Å². The molecule has 0 amide bonds. The van der Waals surface area contributed by atoms with E-state index in [9.17, 15) is 0 Å². The smallest absolute Gasteiger partial charge is 0.191 e. The average Bonchev–Trinajstić information content (AvgIpc) is 3.46. The number of guanidine groups is 1. The normalized spacial score (nSPS) is 22.2. The standard InChI is InChI=1S/C23H35N5/c1-24-23(26-20-11-15-28(16-12-20)21-8-2-3-9-21)25-18-19-7-6-10-22(17-19)27-13-4-5-14-27/h4-7,10,17,20-21H,2-3,8-9,11-16,18H2,1H3,(H2,24,25,26). The molecule has 2 heterocycles. The van der Waals surface area contributed by atoms with Crippen LogP contribution in [0.25, 0.3) is 0 Å². The Hall–Kier alpha value is -2.01. The van der Waals surface area contributed by atoms with Gasteiger partial charge in [-0.1, -0.05) is 37.1 Å². The summed E-state index contributed by atoms with van der Waals surface area (Å²) in [6, 6.07) is 10.2. The molecule has 0 unspecified atom stereocenters. The van der Waals surface area contributed by atoms with Crippen LogP contribution in [-0.4, -0.2) is 56.2 Å². The SMILES string of the molecule is CN=C(NCc1cccc(N2CC=CC2)c1)NC1CCN(C2CCCC2)CC1. The van der Waals surface area contributed by atoms with E-state index in [2.05, 4.69) is 61.8 Å². The van der Waals surface area contributed by atoms with E-state index in [-0.39, 0.29) is 0 Å². The van der Waals surface area contributed by atoms with Crippen molar-refractivity contribution in [1.29, 1.82) is 0 Å². The lowest BCUT2D eigenvalue weighted by Gasteiger charge is -2.36. The molecule has 28 heavy (non-hydrogen) atoms. The minimum Gasteiger partial charge on any atom is -0.364 e. The molecule has 0 spiro atoms. The van der Waals surface area contributed by atoms with Crippen LogP contribution < -0.4 is 15.5 Å². The molecule has 5 heteroatoms. The van der Waals surface area contributed by atoms with Crippen molar-refractivity contribution in [3.63, 3.8) is 0 Å². The van der Waals surface area contributed by atoms with Crippen molar-refractivity contribution in [3.05, 3.63) is 42.0 Å². The fourth-order valence-electron chi connectivity index (χ4n) is 4.80. The molecular weight excluding hydrogens is 346 g/mol. The van der Waals surface area contributed by atoms with E-state index in [1.165, 1.54) is 62.9 Å². The zero-order valence-corrected chi connectivity index (χ0v) is 17.2. The number of hydrogen-bond donors (Lipinski definition) is 2. The highest BCUT2D eigenvalue weighted by molar-refractivity contribution is 5.80. The Labute approximate surface area is 169 Å². The summed E-state index contributed by atoms with van der Waals surface area (Å²) in [5.74, 6) is 0.924. The summed E-state index contributed by atoms with van der Waals surface area (Å²) >= 11 is 0. The van der Waals surface area contributed by atoms with E-state index in [1.807, 2.05) is 7.05 Å². The number of anilines is 1. The first-order valence-electron chi connectivity index (χ1n) is 11.0. The van der Waals surface area contributed by atoms with Crippen molar-refractivity contribution < 1.29 is 0 Å². The average molecular weight is 382 g/mol. The molecule has 2 fully saturated rings. The van der Waals surface area contributed by atoms with Gasteiger partial charge in [0, 0.05) is 57.5 Å². The Morgan fingerprint density at radius 3 is 2.54 bits per heavy atom. The second-order valence-corrected chi connectivity index (χ2v) is 8.36. The molecule has 1 aliphatic carbocycles. The molecule has 1 saturated heterocycles. The number of benzene rings is 1. The Balaban J connectivity index is 1.23. The van der Waals surface area contributed by atoms with E-state index >= 15 is 0 Å². The molecule has 0 atom stereocenters. The second-order valence-electron chi connectivity index (χ2n) is 8.36. The Kier molecular flexibility index (Phi) is 6.53. The quantitative estimate of drug-likeness (QED) is 0.467. The molecule has 3 aliphatic rings. The van der Waals surface area contributed by atoms with E-state index in [0.29, 0.717) is 6.04 Å². The predicted molar refractivity (Wildman–Crippen MR) is 118 cm³/mol. The van der Waals surface area contributed by atoms with Gasteiger partial charge in [0.25, 0.3) is 0 Å². The first-order chi connectivity index (χ1) is 13.8. The van der Waals surface area contributed by atoms with E-state index in [4.69, 9.17) is 0 Å². The maximum atomic E-state index is 4.45. The lowest BCUT2D eigenvalue weighted by Crippen LogP contribution is -2.50. The molecule has 0 bridgehead atoms. The van der Waals surface area contributed by atoms with Gasteiger partial charge in [0.2, 0.25) is 0 Å². The summed E-state index contributed by atoms with van der Waals surface area (Å²) in [5.41, 5.74) is 2.59. The zero-order valence-electron chi connectivity index (χ0n) is 17.2. The number of hydrogen-bond acceptors (Lipinski definition) is 3. The van der Waals surface area contributed by atoms with E-state index in [1.54, 1.807) is 0 Å². The third kappa shape index (κ3) is 4.88. The minimum absolute atomic E-state index is 0.533. The summed E-state index contributed by atoms with van der Waals surface area (Å²) in [5, 5.41) is 7.16. The van der Waals surface area contributed by atoms with Crippen LogP contribution in [0.2, 0.25) is 0 Å². The van der Waals surface area contributed by atoms with Crippen LogP contribution in [0.4, 0.5) is 5.69 Å². The van der Waals surface area contributed by atoms with Gasteiger partial charge in [-0.25, -0.2) is 0 Å². The van der Waals surface area contributed by atoms with Gasteiger partial charge in [-0.3, -0.25) is 4.99 Å².